The second-order valence-electron chi connectivity index (χ2n) is 10.8. The minimum atomic E-state index is -0.810. The van der Waals surface area contributed by atoms with Gasteiger partial charge in [-0.25, -0.2) is 4.39 Å². The number of pyridine rings is 1. The zero-order chi connectivity index (χ0) is 28.3. The van der Waals surface area contributed by atoms with Crippen molar-refractivity contribution < 1.29 is 14.0 Å². The van der Waals surface area contributed by atoms with Gasteiger partial charge in [0.25, 0.3) is 5.91 Å². The van der Waals surface area contributed by atoms with Gasteiger partial charge in [0.15, 0.2) is 5.82 Å². The fourth-order valence-corrected chi connectivity index (χ4v) is 5.75. The Kier molecular flexibility index (Phi) is 8.65. The summed E-state index contributed by atoms with van der Waals surface area (Å²) < 4.78 is 15.9. The molecule has 8 heteroatoms. The zero-order valence-corrected chi connectivity index (χ0v) is 23.2. The number of piperidine rings is 1. The van der Waals surface area contributed by atoms with E-state index in [0.717, 1.165) is 55.0 Å². The van der Waals surface area contributed by atoms with E-state index in [1.807, 2.05) is 43.0 Å². The van der Waals surface area contributed by atoms with E-state index < -0.39 is 17.6 Å². The largest absolute Gasteiger partial charge is 0.366 e. The Bertz CT molecular complexity index is 1330. The Morgan fingerprint density at radius 2 is 1.56 bits per heavy atom. The number of anilines is 2. The van der Waals surface area contributed by atoms with Gasteiger partial charge in [-0.05, 0) is 72.2 Å². The third-order valence-electron chi connectivity index (χ3n) is 7.48. The Balaban J connectivity index is 1.82. The molecule has 0 atom stereocenters. The minimum Gasteiger partial charge on any atom is -0.366 e. The van der Waals surface area contributed by atoms with E-state index in [4.69, 9.17) is 11.5 Å². The smallest absolute Gasteiger partial charge is 0.251 e. The number of benzene rings is 2. The molecule has 0 unspecified atom stereocenters. The SMILES string of the molecule is CC(C)c1c(C(N)=O)ccc(N(c2cccc(C(N)=O)c2F)C2CCN(Cc3ccccn3)CC2)c1C(C)C. The molecule has 39 heavy (non-hydrogen) atoms. The molecule has 0 bridgehead atoms. The van der Waals surface area contributed by atoms with Gasteiger partial charge in [-0.2, -0.15) is 0 Å². The van der Waals surface area contributed by atoms with Crippen molar-refractivity contribution in [1.29, 1.82) is 0 Å². The van der Waals surface area contributed by atoms with E-state index >= 15 is 4.39 Å². The lowest BCUT2D eigenvalue weighted by molar-refractivity contribution is 0.0989. The number of rotatable bonds is 9. The third kappa shape index (κ3) is 5.96. The molecule has 1 aromatic heterocycles. The molecule has 4 rings (SSSR count). The van der Waals surface area contributed by atoms with E-state index in [9.17, 15) is 9.59 Å². The molecule has 0 aliphatic carbocycles. The van der Waals surface area contributed by atoms with Crippen molar-refractivity contribution >= 4 is 23.2 Å². The van der Waals surface area contributed by atoms with E-state index in [1.54, 1.807) is 24.4 Å². The summed E-state index contributed by atoms with van der Waals surface area (Å²) in [7, 11) is 0. The van der Waals surface area contributed by atoms with Crippen LogP contribution in [0.3, 0.4) is 0 Å². The molecule has 0 saturated carbocycles. The molecule has 1 fully saturated rings. The molecule has 1 saturated heterocycles. The highest BCUT2D eigenvalue weighted by atomic mass is 19.1. The van der Waals surface area contributed by atoms with E-state index in [2.05, 4.69) is 23.7 Å². The first-order valence-electron chi connectivity index (χ1n) is 13.6. The number of nitrogens with two attached hydrogens (primary N) is 2. The van der Waals surface area contributed by atoms with Gasteiger partial charge < -0.3 is 16.4 Å². The van der Waals surface area contributed by atoms with Crippen LogP contribution in [0.4, 0.5) is 15.8 Å². The van der Waals surface area contributed by atoms with Crippen molar-refractivity contribution in [2.45, 2.75) is 65.0 Å². The van der Waals surface area contributed by atoms with Crippen LogP contribution in [0.2, 0.25) is 0 Å². The van der Waals surface area contributed by atoms with Gasteiger partial charge in [0, 0.05) is 43.1 Å². The minimum absolute atomic E-state index is 0.0220. The highest BCUT2D eigenvalue weighted by Crippen LogP contribution is 2.43. The first kappa shape index (κ1) is 28.2. The molecule has 1 aliphatic rings. The Labute approximate surface area is 230 Å². The predicted octanol–water partition coefficient (Wildman–Crippen LogP) is 5.47. The van der Waals surface area contributed by atoms with Crippen molar-refractivity contribution in [2.75, 3.05) is 18.0 Å². The van der Waals surface area contributed by atoms with Crippen LogP contribution in [0.25, 0.3) is 0 Å². The number of halogens is 1. The molecule has 206 valence electrons. The summed E-state index contributed by atoms with van der Waals surface area (Å²) in [6.07, 6.45) is 3.35. The van der Waals surface area contributed by atoms with Crippen LogP contribution in [-0.2, 0) is 6.54 Å². The highest BCUT2D eigenvalue weighted by Gasteiger charge is 2.32. The van der Waals surface area contributed by atoms with Crippen LogP contribution < -0.4 is 16.4 Å². The van der Waals surface area contributed by atoms with Crippen LogP contribution in [-0.4, -0.2) is 40.8 Å². The Hall–Kier alpha value is -3.78. The Morgan fingerprint density at radius 3 is 2.13 bits per heavy atom. The molecule has 0 spiro atoms. The zero-order valence-electron chi connectivity index (χ0n) is 23.2. The molecular formula is C31H38FN5O2. The summed E-state index contributed by atoms with van der Waals surface area (Å²) in [5.41, 5.74) is 15.6. The number of amides is 2. The molecule has 4 N–H and O–H groups in total. The molecule has 2 heterocycles. The van der Waals surface area contributed by atoms with Crippen LogP contribution in [0.15, 0.2) is 54.7 Å². The monoisotopic (exact) mass is 531 g/mol. The standard InChI is InChI=1S/C31H38FN5O2/c1-19(2)27-23(30(33)38)11-12-25(28(27)20(3)4)37(26-10-7-9-24(29(26)32)31(34)39)22-13-16-36(17-14-22)18-21-8-5-6-15-35-21/h5-12,15,19-20,22H,13-14,16-18H2,1-4H3,(H2,33,38)(H2,34,39). The van der Waals surface area contributed by atoms with Crippen LogP contribution in [0.5, 0.6) is 0 Å². The molecule has 1 aliphatic heterocycles. The predicted molar refractivity (Wildman–Crippen MR) is 153 cm³/mol. The summed E-state index contributed by atoms with van der Waals surface area (Å²) in [5.74, 6) is -1.88. The van der Waals surface area contributed by atoms with E-state index in [-0.39, 0.29) is 23.4 Å². The topological polar surface area (TPSA) is 106 Å². The number of primary amides is 2. The van der Waals surface area contributed by atoms with Gasteiger partial charge in [0.2, 0.25) is 5.91 Å². The van der Waals surface area contributed by atoms with Crippen molar-refractivity contribution in [2.24, 2.45) is 11.5 Å². The number of nitrogens with zero attached hydrogens (tertiary/aromatic N) is 3. The number of carbonyl (C=O) groups excluding carboxylic acids is 2. The maximum atomic E-state index is 15.9. The maximum absolute atomic E-state index is 15.9. The number of hydrogen-bond acceptors (Lipinski definition) is 5. The van der Waals surface area contributed by atoms with Gasteiger partial charge in [0.05, 0.1) is 16.9 Å². The second kappa shape index (κ2) is 11.9. The van der Waals surface area contributed by atoms with Crippen LogP contribution >= 0.6 is 0 Å². The number of likely N-dealkylation sites (tertiary alicyclic amines) is 1. The third-order valence-corrected chi connectivity index (χ3v) is 7.48. The van der Waals surface area contributed by atoms with E-state index in [0.29, 0.717) is 11.3 Å². The summed E-state index contributed by atoms with van der Waals surface area (Å²) in [6.45, 7) is 10.6. The molecule has 0 radical (unpaired) electrons. The number of carbonyl (C=O) groups is 2. The van der Waals surface area contributed by atoms with Gasteiger partial charge in [-0.15, -0.1) is 0 Å². The first-order valence-corrected chi connectivity index (χ1v) is 13.6. The maximum Gasteiger partial charge on any atom is 0.251 e. The average molecular weight is 532 g/mol. The fourth-order valence-electron chi connectivity index (χ4n) is 5.75. The molecule has 2 amide bonds. The molecule has 7 nitrogen and oxygen atoms in total. The van der Waals surface area contributed by atoms with Gasteiger partial charge in [-0.1, -0.05) is 39.8 Å². The van der Waals surface area contributed by atoms with Crippen LogP contribution in [0, 0.1) is 5.82 Å². The molecule has 2 aromatic carbocycles. The fraction of sp³-hybridized carbons (Fsp3) is 0.387. The van der Waals surface area contributed by atoms with Gasteiger partial charge in [0.1, 0.15) is 0 Å². The average Bonchev–Trinajstić information content (AvgIpc) is 2.90. The second-order valence-corrected chi connectivity index (χ2v) is 10.8. The highest BCUT2D eigenvalue weighted by molar-refractivity contribution is 5.97. The Morgan fingerprint density at radius 1 is 0.897 bits per heavy atom. The van der Waals surface area contributed by atoms with Gasteiger partial charge >= 0.3 is 0 Å². The summed E-state index contributed by atoms with van der Waals surface area (Å²) >= 11 is 0. The number of hydrogen-bond donors (Lipinski definition) is 2. The normalized spacial score (nSPS) is 14.6. The van der Waals surface area contributed by atoms with Crippen molar-refractivity contribution in [3.63, 3.8) is 0 Å². The van der Waals surface area contributed by atoms with Gasteiger partial charge in [-0.3, -0.25) is 19.5 Å². The summed E-state index contributed by atoms with van der Waals surface area (Å²) in [4.78, 5) is 33.3. The van der Waals surface area contributed by atoms with Crippen molar-refractivity contribution in [3.8, 4) is 0 Å². The van der Waals surface area contributed by atoms with Crippen molar-refractivity contribution in [3.05, 3.63) is 88.5 Å². The summed E-state index contributed by atoms with van der Waals surface area (Å²) in [5, 5.41) is 0. The lowest BCUT2D eigenvalue weighted by Crippen LogP contribution is -2.43. The van der Waals surface area contributed by atoms with E-state index in [1.165, 1.54) is 6.07 Å². The lowest BCUT2D eigenvalue weighted by atomic mass is 9.84. The molecular weight excluding hydrogens is 493 g/mol. The lowest BCUT2D eigenvalue weighted by Gasteiger charge is -2.41. The first-order chi connectivity index (χ1) is 18.6. The summed E-state index contributed by atoms with van der Waals surface area (Å²) in [6, 6.07) is 14.3. The van der Waals surface area contributed by atoms with Crippen LogP contribution in [0.1, 0.15) is 89.9 Å². The van der Waals surface area contributed by atoms with Crippen molar-refractivity contribution in [1.82, 2.24) is 9.88 Å². The number of aromatic nitrogens is 1. The quantitative estimate of drug-likeness (QED) is 0.381. The molecule has 3 aromatic rings.